The van der Waals surface area contributed by atoms with Gasteiger partial charge in [-0.3, -0.25) is 0 Å². The molecule has 56 valence electrons. The first-order valence-corrected chi connectivity index (χ1v) is 2.80. The van der Waals surface area contributed by atoms with Crippen LogP contribution in [0.25, 0.3) is 0 Å². The Balaban J connectivity index is 0. The van der Waals surface area contributed by atoms with E-state index in [4.69, 9.17) is 15.3 Å². The SMILES string of the molecule is C=CO.CCCC(O)O. The summed E-state index contributed by atoms with van der Waals surface area (Å²) in [5, 5.41) is 23.5. The highest BCUT2D eigenvalue weighted by molar-refractivity contribution is 4.38. The van der Waals surface area contributed by atoms with Crippen molar-refractivity contribution in [3.05, 3.63) is 12.8 Å². The van der Waals surface area contributed by atoms with Crippen molar-refractivity contribution in [3.63, 3.8) is 0 Å². The normalized spacial score (nSPS) is 8.00. The van der Waals surface area contributed by atoms with Crippen LogP contribution in [0.5, 0.6) is 0 Å². The Morgan fingerprint density at radius 3 is 1.89 bits per heavy atom. The second-order valence-electron chi connectivity index (χ2n) is 1.45. The van der Waals surface area contributed by atoms with Crippen molar-refractivity contribution >= 4 is 0 Å². The molecule has 0 saturated heterocycles. The predicted molar refractivity (Wildman–Crippen MR) is 36.0 cm³/mol. The van der Waals surface area contributed by atoms with Gasteiger partial charge in [0.1, 0.15) is 0 Å². The van der Waals surface area contributed by atoms with Crippen LogP contribution in [0.15, 0.2) is 12.8 Å². The third-order valence-corrected chi connectivity index (χ3v) is 0.547. The summed E-state index contributed by atoms with van der Waals surface area (Å²) in [7, 11) is 0. The third kappa shape index (κ3) is 36.7. The molecule has 0 saturated carbocycles. The van der Waals surface area contributed by atoms with E-state index in [0.29, 0.717) is 6.42 Å². The molecule has 0 bridgehead atoms. The highest BCUT2D eigenvalue weighted by Crippen LogP contribution is 1.88. The largest absolute Gasteiger partial charge is 0.516 e. The number of rotatable bonds is 2. The molecule has 0 aromatic heterocycles. The molecule has 3 heteroatoms. The summed E-state index contributed by atoms with van der Waals surface area (Å²) in [5.74, 6) is 0. The lowest BCUT2D eigenvalue weighted by molar-refractivity contribution is -0.0453. The molecule has 0 radical (unpaired) electrons. The molecule has 0 aromatic rings. The molecule has 3 N–H and O–H groups in total. The predicted octanol–water partition coefficient (Wildman–Crippen LogP) is 0.785. The van der Waals surface area contributed by atoms with Crippen LogP contribution >= 0.6 is 0 Å². The van der Waals surface area contributed by atoms with Crippen molar-refractivity contribution in [2.45, 2.75) is 26.1 Å². The lowest BCUT2D eigenvalue weighted by Crippen LogP contribution is -2.01. The maximum Gasteiger partial charge on any atom is 0.151 e. The molecule has 0 amide bonds. The van der Waals surface area contributed by atoms with Crippen LogP contribution in [0.4, 0.5) is 0 Å². The Bertz CT molecular complexity index is 52.3. The second-order valence-corrected chi connectivity index (χ2v) is 1.45. The molecular formula is C6H14O3. The van der Waals surface area contributed by atoms with Gasteiger partial charge >= 0.3 is 0 Å². The van der Waals surface area contributed by atoms with Crippen molar-refractivity contribution < 1.29 is 15.3 Å². The summed E-state index contributed by atoms with van der Waals surface area (Å²) in [5.41, 5.74) is 0. The molecule has 0 fully saturated rings. The quantitative estimate of drug-likeness (QED) is 0.386. The van der Waals surface area contributed by atoms with Crippen LogP contribution in [0.3, 0.4) is 0 Å². The topological polar surface area (TPSA) is 60.7 Å². The Morgan fingerprint density at radius 1 is 1.56 bits per heavy atom. The van der Waals surface area contributed by atoms with Crippen molar-refractivity contribution in [2.24, 2.45) is 0 Å². The van der Waals surface area contributed by atoms with Crippen LogP contribution < -0.4 is 0 Å². The van der Waals surface area contributed by atoms with E-state index in [0.717, 1.165) is 12.7 Å². The minimum absolute atomic E-state index is 0.486. The van der Waals surface area contributed by atoms with Gasteiger partial charge in [0, 0.05) is 0 Å². The van der Waals surface area contributed by atoms with Crippen LogP contribution in [-0.2, 0) is 0 Å². The molecule has 9 heavy (non-hydrogen) atoms. The molecule has 0 spiro atoms. The fourth-order valence-electron chi connectivity index (χ4n) is 0.258. The molecule has 0 heterocycles. The van der Waals surface area contributed by atoms with E-state index >= 15 is 0 Å². The third-order valence-electron chi connectivity index (χ3n) is 0.547. The first kappa shape index (κ1) is 11.3. The molecule has 0 aromatic carbocycles. The minimum atomic E-state index is -1.10. The van der Waals surface area contributed by atoms with Gasteiger partial charge < -0.3 is 15.3 Å². The first-order chi connectivity index (χ1) is 4.18. The van der Waals surface area contributed by atoms with Gasteiger partial charge in [0.2, 0.25) is 0 Å². The monoisotopic (exact) mass is 134 g/mol. The average molecular weight is 134 g/mol. The molecule has 0 aliphatic rings. The fourth-order valence-corrected chi connectivity index (χ4v) is 0.258. The van der Waals surface area contributed by atoms with Gasteiger partial charge in [0.25, 0.3) is 0 Å². The number of aliphatic hydroxyl groups excluding tert-OH is 2. The highest BCUT2D eigenvalue weighted by Gasteiger charge is 1.89. The van der Waals surface area contributed by atoms with Crippen LogP contribution in [0.1, 0.15) is 19.8 Å². The van der Waals surface area contributed by atoms with Crippen molar-refractivity contribution in [1.29, 1.82) is 0 Å². The molecule has 0 aliphatic carbocycles. The number of aliphatic hydroxyl groups is 3. The van der Waals surface area contributed by atoms with E-state index in [1.54, 1.807) is 0 Å². The average Bonchev–Trinajstić information content (AvgIpc) is 1.67. The summed E-state index contributed by atoms with van der Waals surface area (Å²) in [6.45, 7) is 4.82. The van der Waals surface area contributed by atoms with Crippen molar-refractivity contribution in [3.8, 4) is 0 Å². The zero-order chi connectivity index (χ0) is 7.70. The van der Waals surface area contributed by atoms with Gasteiger partial charge in [-0.2, -0.15) is 0 Å². The van der Waals surface area contributed by atoms with E-state index < -0.39 is 6.29 Å². The summed E-state index contributed by atoms with van der Waals surface area (Å²) >= 11 is 0. The smallest absolute Gasteiger partial charge is 0.151 e. The van der Waals surface area contributed by atoms with Gasteiger partial charge in [-0.05, 0) is 6.42 Å². The zero-order valence-electron chi connectivity index (χ0n) is 5.62. The first-order valence-electron chi connectivity index (χ1n) is 2.80. The van der Waals surface area contributed by atoms with Gasteiger partial charge in [-0.15, -0.1) is 0 Å². The maximum atomic E-state index is 8.11. The van der Waals surface area contributed by atoms with Gasteiger partial charge in [-0.1, -0.05) is 19.9 Å². The number of hydrogen-bond acceptors (Lipinski definition) is 3. The molecule has 0 rings (SSSR count). The Morgan fingerprint density at radius 2 is 1.89 bits per heavy atom. The van der Waals surface area contributed by atoms with E-state index in [9.17, 15) is 0 Å². The lowest BCUT2D eigenvalue weighted by Gasteiger charge is -1.94. The summed E-state index contributed by atoms with van der Waals surface area (Å²) < 4.78 is 0. The van der Waals surface area contributed by atoms with Crippen LogP contribution in [-0.4, -0.2) is 21.6 Å². The van der Waals surface area contributed by atoms with Gasteiger partial charge in [0.15, 0.2) is 6.29 Å². The van der Waals surface area contributed by atoms with E-state index in [1.807, 2.05) is 6.92 Å². The zero-order valence-corrected chi connectivity index (χ0v) is 5.62. The van der Waals surface area contributed by atoms with Crippen LogP contribution in [0, 0.1) is 0 Å². The van der Waals surface area contributed by atoms with E-state index in [1.165, 1.54) is 0 Å². The molecule has 0 aliphatic heterocycles. The van der Waals surface area contributed by atoms with E-state index in [-0.39, 0.29) is 0 Å². The van der Waals surface area contributed by atoms with Crippen LogP contribution in [0.2, 0.25) is 0 Å². The Hall–Kier alpha value is -0.540. The summed E-state index contributed by atoms with van der Waals surface area (Å²) in [4.78, 5) is 0. The second kappa shape index (κ2) is 10.4. The Labute approximate surface area is 55.3 Å². The molecule has 0 unspecified atom stereocenters. The molecular weight excluding hydrogens is 120 g/mol. The van der Waals surface area contributed by atoms with Gasteiger partial charge in [-0.25, -0.2) is 0 Å². The van der Waals surface area contributed by atoms with Crippen molar-refractivity contribution in [1.82, 2.24) is 0 Å². The van der Waals surface area contributed by atoms with E-state index in [2.05, 4.69) is 6.58 Å². The van der Waals surface area contributed by atoms with Gasteiger partial charge in [0.05, 0.1) is 6.26 Å². The standard InChI is InChI=1S/C4H10O2.C2H4O/c1-2-3-4(5)6;1-2-3/h4-6H,2-3H2,1H3;2-3H,1H2. The Kier molecular flexibility index (Phi) is 13.1. The minimum Gasteiger partial charge on any atom is -0.516 e. The summed E-state index contributed by atoms with van der Waals surface area (Å²) in [6.07, 6.45) is 0.965. The molecule has 0 atom stereocenters. The van der Waals surface area contributed by atoms with Crippen molar-refractivity contribution in [2.75, 3.05) is 0 Å². The maximum absolute atomic E-state index is 8.11. The highest BCUT2D eigenvalue weighted by atomic mass is 16.5. The lowest BCUT2D eigenvalue weighted by atomic mass is 10.3. The molecule has 3 nitrogen and oxygen atoms in total. The number of hydrogen-bond donors (Lipinski definition) is 3. The fraction of sp³-hybridized carbons (Fsp3) is 0.667. The summed E-state index contributed by atoms with van der Waals surface area (Å²) in [6, 6.07) is 0.